The normalized spacial score (nSPS) is 13.8. The molecular formula is C19H15BrO. The monoisotopic (exact) mass is 338 g/mol. The predicted molar refractivity (Wildman–Crippen MR) is 90.9 cm³/mol. The van der Waals surface area contributed by atoms with Gasteiger partial charge in [-0.25, -0.2) is 0 Å². The van der Waals surface area contributed by atoms with E-state index in [-0.39, 0.29) is 5.78 Å². The SMILES string of the molecule is CC(=O)C1=C(/C=C/c2ccccc2)Cc2cc(Br)ccc21. The molecule has 2 aromatic carbocycles. The van der Waals surface area contributed by atoms with Crippen molar-refractivity contribution in [2.45, 2.75) is 13.3 Å². The van der Waals surface area contributed by atoms with Crippen LogP contribution in [0.4, 0.5) is 0 Å². The van der Waals surface area contributed by atoms with Crippen LogP contribution in [0.3, 0.4) is 0 Å². The Balaban J connectivity index is 1.99. The van der Waals surface area contributed by atoms with Crippen molar-refractivity contribution in [2.24, 2.45) is 0 Å². The van der Waals surface area contributed by atoms with Gasteiger partial charge in [0.2, 0.25) is 0 Å². The molecule has 1 nitrogen and oxygen atoms in total. The van der Waals surface area contributed by atoms with Gasteiger partial charge in [0, 0.05) is 10.0 Å². The Kier molecular flexibility index (Phi) is 3.89. The Morgan fingerprint density at radius 2 is 1.86 bits per heavy atom. The van der Waals surface area contributed by atoms with Crippen LogP contribution in [0.15, 0.2) is 64.7 Å². The molecule has 1 aliphatic rings. The Bertz CT molecular complexity index is 754. The number of rotatable bonds is 3. The Morgan fingerprint density at radius 3 is 2.57 bits per heavy atom. The third-order valence-electron chi connectivity index (χ3n) is 3.67. The summed E-state index contributed by atoms with van der Waals surface area (Å²) >= 11 is 3.50. The van der Waals surface area contributed by atoms with Crippen molar-refractivity contribution in [2.75, 3.05) is 0 Å². The van der Waals surface area contributed by atoms with Gasteiger partial charge in [-0.2, -0.15) is 0 Å². The standard InChI is InChI=1S/C19H15BrO/c1-13(21)19-15(8-7-14-5-3-2-4-6-14)11-16-12-17(20)9-10-18(16)19/h2-10,12H,11H2,1H3/b8-7+. The van der Waals surface area contributed by atoms with Gasteiger partial charge in [-0.15, -0.1) is 0 Å². The lowest BCUT2D eigenvalue weighted by atomic mass is 10.0. The van der Waals surface area contributed by atoms with Gasteiger partial charge in [-0.05, 0) is 47.7 Å². The van der Waals surface area contributed by atoms with E-state index in [9.17, 15) is 4.79 Å². The Labute approximate surface area is 133 Å². The topological polar surface area (TPSA) is 17.1 Å². The highest BCUT2D eigenvalue weighted by molar-refractivity contribution is 9.10. The molecule has 3 rings (SSSR count). The van der Waals surface area contributed by atoms with Crippen molar-refractivity contribution >= 4 is 33.4 Å². The second-order valence-electron chi connectivity index (χ2n) is 5.18. The van der Waals surface area contributed by atoms with Gasteiger partial charge in [0.1, 0.15) is 0 Å². The quantitative estimate of drug-likeness (QED) is 0.764. The summed E-state index contributed by atoms with van der Waals surface area (Å²) in [6, 6.07) is 16.3. The first-order chi connectivity index (χ1) is 10.1. The summed E-state index contributed by atoms with van der Waals surface area (Å²) in [6.07, 6.45) is 4.95. The maximum absolute atomic E-state index is 12.0. The van der Waals surface area contributed by atoms with Crippen LogP contribution in [0.2, 0.25) is 0 Å². The van der Waals surface area contributed by atoms with Crippen LogP contribution >= 0.6 is 15.9 Å². The molecule has 0 radical (unpaired) electrons. The number of carbonyl (C=O) groups is 1. The molecule has 0 amide bonds. The van der Waals surface area contributed by atoms with E-state index in [4.69, 9.17) is 0 Å². The Hall–Kier alpha value is -1.93. The molecule has 0 aliphatic heterocycles. The number of Topliss-reactive ketones (excluding diaryl/α,β-unsaturated/α-hetero) is 1. The zero-order valence-electron chi connectivity index (χ0n) is 11.8. The number of halogens is 1. The minimum Gasteiger partial charge on any atom is -0.294 e. The summed E-state index contributed by atoms with van der Waals surface area (Å²) in [5, 5.41) is 0. The average molecular weight is 339 g/mol. The van der Waals surface area contributed by atoms with E-state index in [1.54, 1.807) is 6.92 Å². The second-order valence-corrected chi connectivity index (χ2v) is 6.09. The van der Waals surface area contributed by atoms with Gasteiger partial charge in [-0.1, -0.05) is 64.5 Å². The van der Waals surface area contributed by atoms with Crippen LogP contribution in [0, 0.1) is 0 Å². The van der Waals surface area contributed by atoms with Gasteiger partial charge >= 0.3 is 0 Å². The number of hydrogen-bond acceptors (Lipinski definition) is 1. The van der Waals surface area contributed by atoms with E-state index in [1.807, 2.05) is 30.3 Å². The minimum atomic E-state index is 0.129. The number of carbonyl (C=O) groups excluding carboxylic acids is 1. The van der Waals surface area contributed by atoms with Crippen LogP contribution < -0.4 is 0 Å². The number of allylic oxidation sites excluding steroid dienone is 3. The van der Waals surface area contributed by atoms with E-state index in [0.717, 1.165) is 33.2 Å². The van der Waals surface area contributed by atoms with Crippen LogP contribution in [0.25, 0.3) is 11.6 Å². The van der Waals surface area contributed by atoms with Crippen LogP contribution in [0.5, 0.6) is 0 Å². The number of hydrogen-bond donors (Lipinski definition) is 0. The molecule has 2 heteroatoms. The lowest BCUT2D eigenvalue weighted by molar-refractivity contribution is -0.111. The van der Waals surface area contributed by atoms with E-state index < -0.39 is 0 Å². The number of benzene rings is 2. The van der Waals surface area contributed by atoms with Crippen molar-refractivity contribution in [1.29, 1.82) is 0 Å². The molecule has 0 aromatic heterocycles. The van der Waals surface area contributed by atoms with Gasteiger partial charge in [0.15, 0.2) is 5.78 Å². The molecule has 21 heavy (non-hydrogen) atoms. The lowest BCUT2D eigenvalue weighted by Crippen LogP contribution is -1.95. The van der Waals surface area contributed by atoms with E-state index in [0.29, 0.717) is 0 Å². The molecule has 0 saturated carbocycles. The van der Waals surface area contributed by atoms with E-state index in [1.165, 1.54) is 5.56 Å². The van der Waals surface area contributed by atoms with Crippen molar-refractivity contribution in [3.63, 3.8) is 0 Å². The zero-order chi connectivity index (χ0) is 14.8. The highest BCUT2D eigenvalue weighted by Crippen LogP contribution is 2.35. The van der Waals surface area contributed by atoms with Gasteiger partial charge in [0.05, 0.1) is 0 Å². The van der Waals surface area contributed by atoms with Crippen molar-refractivity contribution in [3.8, 4) is 0 Å². The number of ketones is 1. The summed E-state index contributed by atoms with van der Waals surface area (Å²) in [7, 11) is 0. The van der Waals surface area contributed by atoms with Gasteiger partial charge in [0.25, 0.3) is 0 Å². The second kappa shape index (κ2) is 5.82. The largest absolute Gasteiger partial charge is 0.294 e. The summed E-state index contributed by atoms with van der Waals surface area (Å²) in [5.41, 5.74) is 5.37. The maximum atomic E-state index is 12.0. The molecule has 0 N–H and O–H groups in total. The predicted octanol–water partition coefficient (Wildman–Crippen LogP) is 5.06. The van der Waals surface area contributed by atoms with Crippen molar-refractivity contribution in [3.05, 3.63) is 81.3 Å². The van der Waals surface area contributed by atoms with Crippen molar-refractivity contribution in [1.82, 2.24) is 0 Å². The molecule has 1 aliphatic carbocycles. The fraction of sp³-hybridized carbons (Fsp3) is 0.105. The van der Waals surface area contributed by atoms with Crippen molar-refractivity contribution < 1.29 is 4.79 Å². The van der Waals surface area contributed by atoms with E-state index >= 15 is 0 Å². The molecule has 0 spiro atoms. The smallest absolute Gasteiger partial charge is 0.160 e. The molecule has 0 heterocycles. The zero-order valence-corrected chi connectivity index (χ0v) is 13.4. The summed E-state index contributed by atoms with van der Waals surface area (Å²) < 4.78 is 1.05. The molecule has 0 atom stereocenters. The van der Waals surface area contributed by atoms with Crippen LogP contribution in [-0.4, -0.2) is 5.78 Å². The van der Waals surface area contributed by atoms with Crippen LogP contribution in [0.1, 0.15) is 23.6 Å². The summed E-state index contributed by atoms with van der Waals surface area (Å²) in [5.74, 6) is 0.129. The molecule has 0 bridgehead atoms. The highest BCUT2D eigenvalue weighted by Gasteiger charge is 2.22. The first kappa shape index (κ1) is 14.0. The molecule has 0 fully saturated rings. The average Bonchev–Trinajstić information content (AvgIpc) is 2.83. The molecule has 0 saturated heterocycles. The molecule has 0 unspecified atom stereocenters. The fourth-order valence-electron chi connectivity index (χ4n) is 2.74. The Morgan fingerprint density at radius 1 is 1.10 bits per heavy atom. The highest BCUT2D eigenvalue weighted by atomic mass is 79.9. The summed E-state index contributed by atoms with van der Waals surface area (Å²) in [6.45, 7) is 1.64. The maximum Gasteiger partial charge on any atom is 0.160 e. The van der Waals surface area contributed by atoms with Crippen LogP contribution in [-0.2, 0) is 11.2 Å². The number of fused-ring (bicyclic) bond motifs is 1. The molecule has 104 valence electrons. The molecule has 2 aromatic rings. The first-order valence-electron chi connectivity index (χ1n) is 6.91. The fourth-order valence-corrected chi connectivity index (χ4v) is 3.15. The van der Waals surface area contributed by atoms with Gasteiger partial charge in [-0.3, -0.25) is 4.79 Å². The van der Waals surface area contributed by atoms with Gasteiger partial charge < -0.3 is 0 Å². The minimum absolute atomic E-state index is 0.129. The molecular weight excluding hydrogens is 324 g/mol. The third-order valence-corrected chi connectivity index (χ3v) is 4.16. The summed E-state index contributed by atoms with van der Waals surface area (Å²) in [4.78, 5) is 12.0. The lowest BCUT2D eigenvalue weighted by Gasteiger charge is -2.02. The third kappa shape index (κ3) is 2.91. The van der Waals surface area contributed by atoms with E-state index in [2.05, 4.69) is 46.3 Å². The first-order valence-corrected chi connectivity index (χ1v) is 7.70.